The summed E-state index contributed by atoms with van der Waals surface area (Å²) < 4.78 is 23.0. The molecule has 0 saturated carbocycles. The summed E-state index contributed by atoms with van der Waals surface area (Å²) in [6, 6.07) is 3.06. The number of nitrogens with zero attached hydrogens (tertiary/aromatic N) is 1. The van der Waals surface area contributed by atoms with E-state index < -0.39 is 20.8 Å². The summed E-state index contributed by atoms with van der Waals surface area (Å²) in [4.78, 5) is 22.3. The Kier molecular flexibility index (Phi) is 4.65. The molecule has 0 aliphatic carbocycles. The van der Waals surface area contributed by atoms with Gasteiger partial charge in [-0.25, -0.2) is 8.42 Å². The molecule has 0 radical (unpaired) electrons. The standard InChI is InChI=1S/C13H17N3O5S/c1-22(20,21)9-5-6-10(12(8-9)16(18)19)15-11-4-2-3-7-14-13(11)17/h5-6,8,11,15H,2-4,7H2,1H3,(H,14,17)/t11-/m0/s1. The number of rotatable bonds is 4. The molecule has 1 aromatic carbocycles. The predicted molar refractivity (Wildman–Crippen MR) is 80.5 cm³/mol. The van der Waals surface area contributed by atoms with Crippen LogP contribution in [0, 0.1) is 10.1 Å². The average molecular weight is 327 g/mol. The van der Waals surface area contributed by atoms with Gasteiger partial charge in [-0.15, -0.1) is 0 Å². The molecule has 9 heteroatoms. The molecule has 0 aromatic heterocycles. The first-order chi connectivity index (χ1) is 10.3. The monoisotopic (exact) mass is 327 g/mol. The molecular weight excluding hydrogens is 310 g/mol. The number of carbonyl (C=O) groups excluding carboxylic acids is 1. The van der Waals surface area contributed by atoms with E-state index in [1.165, 1.54) is 12.1 Å². The van der Waals surface area contributed by atoms with Crippen LogP contribution in [0.1, 0.15) is 19.3 Å². The van der Waals surface area contributed by atoms with Crippen molar-refractivity contribution in [3.8, 4) is 0 Å². The first kappa shape index (κ1) is 16.2. The highest BCUT2D eigenvalue weighted by Crippen LogP contribution is 2.29. The Labute approximate surface area is 128 Å². The zero-order chi connectivity index (χ0) is 16.3. The van der Waals surface area contributed by atoms with Gasteiger partial charge in [0.05, 0.1) is 9.82 Å². The predicted octanol–water partition coefficient (Wildman–Crippen LogP) is 1.08. The molecule has 0 bridgehead atoms. The summed E-state index contributed by atoms with van der Waals surface area (Å²) in [6.45, 7) is 0.589. The highest BCUT2D eigenvalue weighted by molar-refractivity contribution is 7.90. The van der Waals surface area contributed by atoms with Gasteiger partial charge in [-0.1, -0.05) is 0 Å². The van der Waals surface area contributed by atoms with Crippen molar-refractivity contribution in [1.82, 2.24) is 5.32 Å². The minimum atomic E-state index is -3.54. The summed E-state index contributed by atoms with van der Waals surface area (Å²) in [5, 5.41) is 16.7. The molecule has 1 fully saturated rings. The number of nitro benzene ring substituents is 1. The van der Waals surface area contributed by atoms with Crippen LogP contribution in [0.4, 0.5) is 11.4 Å². The Morgan fingerprint density at radius 1 is 1.36 bits per heavy atom. The highest BCUT2D eigenvalue weighted by atomic mass is 32.2. The van der Waals surface area contributed by atoms with Crippen molar-refractivity contribution in [1.29, 1.82) is 0 Å². The van der Waals surface area contributed by atoms with E-state index in [0.29, 0.717) is 13.0 Å². The molecule has 1 amide bonds. The summed E-state index contributed by atoms with van der Waals surface area (Å²) >= 11 is 0. The van der Waals surface area contributed by atoms with E-state index in [1.807, 2.05) is 0 Å². The van der Waals surface area contributed by atoms with Crippen molar-refractivity contribution in [2.45, 2.75) is 30.2 Å². The van der Waals surface area contributed by atoms with Gasteiger partial charge in [0.1, 0.15) is 11.7 Å². The van der Waals surface area contributed by atoms with Crippen LogP contribution in [0.15, 0.2) is 23.1 Å². The molecule has 2 rings (SSSR count). The van der Waals surface area contributed by atoms with E-state index in [0.717, 1.165) is 25.2 Å². The van der Waals surface area contributed by atoms with Crippen LogP contribution in [-0.4, -0.2) is 38.1 Å². The lowest BCUT2D eigenvalue weighted by molar-refractivity contribution is -0.384. The summed E-state index contributed by atoms with van der Waals surface area (Å²) in [5.41, 5.74) is -0.223. The van der Waals surface area contributed by atoms with Crippen molar-refractivity contribution in [3.63, 3.8) is 0 Å². The molecule has 1 aromatic rings. The van der Waals surface area contributed by atoms with E-state index in [4.69, 9.17) is 0 Å². The first-order valence-electron chi connectivity index (χ1n) is 6.82. The lowest BCUT2D eigenvalue weighted by Crippen LogP contribution is -2.38. The van der Waals surface area contributed by atoms with Crippen LogP contribution in [0.3, 0.4) is 0 Å². The Bertz CT molecular complexity index is 702. The van der Waals surface area contributed by atoms with Crippen LogP contribution in [-0.2, 0) is 14.6 Å². The van der Waals surface area contributed by atoms with E-state index in [1.54, 1.807) is 0 Å². The van der Waals surface area contributed by atoms with Crippen LogP contribution in [0.2, 0.25) is 0 Å². The summed E-state index contributed by atoms with van der Waals surface area (Å²) in [6.07, 6.45) is 3.24. The molecule has 22 heavy (non-hydrogen) atoms. The maximum absolute atomic E-state index is 11.9. The van der Waals surface area contributed by atoms with Crippen LogP contribution >= 0.6 is 0 Å². The van der Waals surface area contributed by atoms with E-state index in [2.05, 4.69) is 10.6 Å². The number of amides is 1. The van der Waals surface area contributed by atoms with Crippen LogP contribution in [0.5, 0.6) is 0 Å². The first-order valence-corrected chi connectivity index (χ1v) is 8.71. The normalized spacial score (nSPS) is 19.1. The largest absolute Gasteiger partial charge is 0.368 e. The van der Waals surface area contributed by atoms with Gasteiger partial charge in [-0.05, 0) is 31.4 Å². The van der Waals surface area contributed by atoms with Crippen molar-refractivity contribution in [2.75, 3.05) is 18.1 Å². The molecular formula is C13H17N3O5S. The lowest BCUT2D eigenvalue weighted by Gasteiger charge is -2.16. The third kappa shape index (κ3) is 3.73. The van der Waals surface area contributed by atoms with Gasteiger partial charge in [0, 0.05) is 18.9 Å². The Morgan fingerprint density at radius 2 is 2.09 bits per heavy atom. The van der Waals surface area contributed by atoms with Crippen LogP contribution in [0.25, 0.3) is 0 Å². The van der Waals surface area contributed by atoms with Gasteiger partial charge in [0.2, 0.25) is 5.91 Å². The molecule has 1 aliphatic rings. The smallest absolute Gasteiger partial charge is 0.293 e. The quantitative estimate of drug-likeness (QED) is 0.631. The number of hydrogen-bond donors (Lipinski definition) is 2. The number of benzene rings is 1. The van der Waals surface area contributed by atoms with Gasteiger partial charge in [0.15, 0.2) is 9.84 Å². The molecule has 0 spiro atoms. The molecule has 1 heterocycles. The Hall–Kier alpha value is -2.16. The van der Waals surface area contributed by atoms with Crippen molar-refractivity contribution < 1.29 is 18.1 Å². The van der Waals surface area contributed by atoms with Crippen molar-refractivity contribution >= 4 is 27.1 Å². The minimum Gasteiger partial charge on any atom is -0.368 e. The van der Waals surface area contributed by atoms with E-state index in [-0.39, 0.29) is 22.2 Å². The minimum absolute atomic E-state index is 0.130. The number of carbonyl (C=O) groups is 1. The fourth-order valence-corrected chi connectivity index (χ4v) is 2.92. The number of anilines is 1. The lowest BCUT2D eigenvalue weighted by atomic mass is 10.1. The second-order valence-corrected chi connectivity index (χ2v) is 7.21. The number of sulfone groups is 1. The number of hydrogen-bond acceptors (Lipinski definition) is 6. The second kappa shape index (κ2) is 6.30. The van der Waals surface area contributed by atoms with Gasteiger partial charge in [0.25, 0.3) is 5.69 Å². The summed E-state index contributed by atoms with van der Waals surface area (Å²) in [7, 11) is -3.54. The summed E-state index contributed by atoms with van der Waals surface area (Å²) in [5.74, 6) is -0.209. The van der Waals surface area contributed by atoms with Gasteiger partial charge in [-0.2, -0.15) is 0 Å². The topological polar surface area (TPSA) is 118 Å². The number of nitro groups is 1. The van der Waals surface area contributed by atoms with E-state index in [9.17, 15) is 23.3 Å². The molecule has 1 atom stereocenters. The average Bonchev–Trinajstić information content (AvgIpc) is 2.63. The maximum atomic E-state index is 11.9. The third-order valence-electron chi connectivity index (χ3n) is 3.46. The molecule has 1 saturated heterocycles. The SMILES string of the molecule is CS(=O)(=O)c1ccc(N[C@H]2CCCCNC2=O)c([N+](=O)[O-])c1. The molecule has 120 valence electrons. The zero-order valence-corrected chi connectivity index (χ0v) is 12.9. The maximum Gasteiger partial charge on any atom is 0.293 e. The van der Waals surface area contributed by atoms with Crippen molar-refractivity contribution in [3.05, 3.63) is 28.3 Å². The number of nitrogens with one attached hydrogen (secondary N) is 2. The van der Waals surface area contributed by atoms with Crippen molar-refractivity contribution in [2.24, 2.45) is 0 Å². The van der Waals surface area contributed by atoms with Gasteiger partial charge in [-0.3, -0.25) is 14.9 Å². The molecule has 1 aliphatic heterocycles. The zero-order valence-electron chi connectivity index (χ0n) is 12.0. The van der Waals surface area contributed by atoms with Crippen LogP contribution < -0.4 is 10.6 Å². The Morgan fingerprint density at radius 3 is 2.73 bits per heavy atom. The van der Waals surface area contributed by atoms with Gasteiger partial charge >= 0.3 is 0 Å². The molecule has 8 nitrogen and oxygen atoms in total. The second-order valence-electron chi connectivity index (χ2n) is 5.19. The van der Waals surface area contributed by atoms with Gasteiger partial charge < -0.3 is 10.6 Å². The Balaban J connectivity index is 2.34. The molecule has 0 unspecified atom stereocenters. The fraction of sp³-hybridized carbons (Fsp3) is 0.462. The molecule has 2 N–H and O–H groups in total. The highest BCUT2D eigenvalue weighted by Gasteiger charge is 2.25. The third-order valence-corrected chi connectivity index (χ3v) is 4.57. The van der Waals surface area contributed by atoms with E-state index >= 15 is 0 Å². The fourth-order valence-electron chi connectivity index (χ4n) is 2.28.